The highest BCUT2D eigenvalue weighted by Crippen LogP contribution is 2.21. The van der Waals surface area contributed by atoms with Gasteiger partial charge in [0.25, 0.3) is 0 Å². The Morgan fingerprint density at radius 2 is 2.00 bits per heavy atom. The molecule has 0 aromatic carbocycles. The lowest BCUT2D eigenvalue weighted by atomic mass is 10.0. The third-order valence-corrected chi connectivity index (χ3v) is 3.02. The van der Waals surface area contributed by atoms with Crippen LogP contribution in [-0.2, 0) is 0 Å². The molecule has 0 bridgehead atoms. The number of nitrogens with two attached hydrogens (primary N) is 1. The Bertz CT molecular complexity index is 347. The summed E-state index contributed by atoms with van der Waals surface area (Å²) in [5, 5.41) is 0. The van der Waals surface area contributed by atoms with Gasteiger partial charge in [-0.15, -0.1) is 0 Å². The number of hydrogen-bond donors (Lipinski definition) is 1. The minimum atomic E-state index is -0.0946. The van der Waals surface area contributed by atoms with Crippen LogP contribution < -0.4 is 10.6 Å². The van der Waals surface area contributed by atoms with Crippen LogP contribution in [0, 0.1) is 0 Å². The largest absolute Gasteiger partial charge is 0.353 e. The highest BCUT2D eigenvalue weighted by atomic mass is 15.2. The van der Waals surface area contributed by atoms with Gasteiger partial charge in [0.1, 0.15) is 12.1 Å². The average molecular weight is 222 g/mol. The molecule has 90 valence electrons. The van der Waals surface area contributed by atoms with E-state index in [1.54, 1.807) is 6.33 Å². The lowest BCUT2D eigenvalue weighted by Crippen LogP contribution is -2.47. The van der Waals surface area contributed by atoms with E-state index in [1.807, 2.05) is 13.1 Å². The molecule has 0 atom stereocenters. The predicted molar refractivity (Wildman–Crippen MR) is 67.7 cm³/mol. The number of hydrogen-bond acceptors (Lipinski definition) is 4. The molecule has 0 aliphatic rings. The summed E-state index contributed by atoms with van der Waals surface area (Å²) in [6.45, 7) is 9.04. The molecular formula is C12H22N4. The normalized spacial score (nSPS) is 11.9. The van der Waals surface area contributed by atoms with E-state index in [4.69, 9.17) is 5.73 Å². The molecule has 0 radical (unpaired) electrons. The molecule has 0 amide bonds. The van der Waals surface area contributed by atoms with Crippen molar-refractivity contribution < 1.29 is 0 Å². The van der Waals surface area contributed by atoms with E-state index < -0.39 is 0 Å². The van der Waals surface area contributed by atoms with Crippen molar-refractivity contribution in [3.8, 4) is 0 Å². The summed E-state index contributed by atoms with van der Waals surface area (Å²) in [4.78, 5) is 10.7. The fraction of sp³-hybridized carbons (Fsp3) is 0.667. The summed E-state index contributed by atoms with van der Waals surface area (Å²) in [5.74, 6) is 1.34. The molecule has 0 spiro atoms. The monoisotopic (exact) mass is 222 g/mol. The number of likely N-dealkylation sites (N-methyl/N-ethyl adjacent to an activating group) is 1. The van der Waals surface area contributed by atoms with Crippen LogP contribution in [-0.4, -0.2) is 29.1 Å². The van der Waals surface area contributed by atoms with E-state index >= 15 is 0 Å². The topological polar surface area (TPSA) is 55.0 Å². The van der Waals surface area contributed by atoms with Crippen molar-refractivity contribution in [1.29, 1.82) is 0 Å². The molecular weight excluding hydrogens is 200 g/mol. The lowest BCUT2D eigenvalue weighted by molar-refractivity contribution is 0.494. The van der Waals surface area contributed by atoms with Crippen LogP contribution >= 0.6 is 0 Å². The zero-order valence-corrected chi connectivity index (χ0v) is 10.9. The van der Waals surface area contributed by atoms with Gasteiger partial charge in [0.2, 0.25) is 0 Å². The van der Waals surface area contributed by atoms with Crippen molar-refractivity contribution in [2.45, 2.75) is 39.2 Å². The summed E-state index contributed by atoms with van der Waals surface area (Å²) in [6.07, 6.45) is 1.62. The maximum Gasteiger partial charge on any atom is 0.132 e. The Kier molecular flexibility index (Phi) is 3.86. The van der Waals surface area contributed by atoms with Crippen LogP contribution in [0.3, 0.4) is 0 Å². The molecule has 0 aliphatic carbocycles. The minimum absolute atomic E-state index is 0.0946. The highest BCUT2D eigenvalue weighted by Gasteiger charge is 2.23. The molecule has 4 nitrogen and oxygen atoms in total. The van der Waals surface area contributed by atoms with Gasteiger partial charge < -0.3 is 10.6 Å². The first-order valence-corrected chi connectivity index (χ1v) is 5.64. The highest BCUT2D eigenvalue weighted by molar-refractivity contribution is 5.41. The Labute approximate surface area is 97.9 Å². The third-order valence-electron chi connectivity index (χ3n) is 3.02. The third kappa shape index (κ3) is 2.70. The molecule has 0 aliphatic heterocycles. The quantitative estimate of drug-likeness (QED) is 0.843. The maximum atomic E-state index is 5.76. The summed E-state index contributed by atoms with van der Waals surface area (Å²) >= 11 is 0. The lowest BCUT2D eigenvalue weighted by Gasteiger charge is -2.35. The average Bonchev–Trinajstić information content (AvgIpc) is 2.28. The van der Waals surface area contributed by atoms with Crippen LogP contribution in [0.2, 0.25) is 0 Å². The Balaban J connectivity index is 3.00. The predicted octanol–water partition coefficient (Wildman–Crippen LogP) is 1.77. The van der Waals surface area contributed by atoms with Gasteiger partial charge in [-0.05, 0) is 19.8 Å². The van der Waals surface area contributed by atoms with Crippen LogP contribution in [0.25, 0.3) is 0 Å². The molecule has 1 rings (SSSR count). The van der Waals surface area contributed by atoms with Crippen LogP contribution in [0.15, 0.2) is 12.4 Å². The maximum absolute atomic E-state index is 5.76. The number of nitrogens with zero attached hydrogens (tertiary/aromatic N) is 3. The summed E-state index contributed by atoms with van der Waals surface area (Å²) < 4.78 is 0. The van der Waals surface area contributed by atoms with Crippen LogP contribution in [0.5, 0.6) is 0 Å². The van der Waals surface area contributed by atoms with E-state index in [-0.39, 0.29) is 5.54 Å². The smallest absolute Gasteiger partial charge is 0.132 e. The van der Waals surface area contributed by atoms with Crippen LogP contribution in [0.1, 0.15) is 39.3 Å². The first-order chi connectivity index (χ1) is 7.38. The molecule has 1 heterocycles. The van der Waals surface area contributed by atoms with Crippen molar-refractivity contribution in [2.24, 2.45) is 5.73 Å². The van der Waals surface area contributed by atoms with Gasteiger partial charge in [0.15, 0.2) is 0 Å². The van der Waals surface area contributed by atoms with Crippen LogP contribution in [0.4, 0.5) is 5.82 Å². The molecule has 16 heavy (non-hydrogen) atoms. The van der Waals surface area contributed by atoms with Gasteiger partial charge in [-0.25, -0.2) is 9.97 Å². The Hall–Kier alpha value is -1.16. The minimum Gasteiger partial charge on any atom is -0.353 e. The van der Waals surface area contributed by atoms with Gasteiger partial charge >= 0.3 is 0 Å². The van der Waals surface area contributed by atoms with E-state index in [0.717, 1.165) is 11.5 Å². The molecule has 2 N–H and O–H groups in total. The van der Waals surface area contributed by atoms with Gasteiger partial charge in [-0.2, -0.15) is 0 Å². The Morgan fingerprint density at radius 3 is 2.50 bits per heavy atom. The van der Waals surface area contributed by atoms with Crippen molar-refractivity contribution in [3.05, 3.63) is 18.1 Å². The fourth-order valence-electron chi connectivity index (χ4n) is 1.31. The second-order valence-corrected chi connectivity index (χ2v) is 5.03. The van der Waals surface area contributed by atoms with Gasteiger partial charge in [-0.3, -0.25) is 0 Å². The molecule has 1 aromatic heterocycles. The standard InChI is InChI=1S/C12H22N4/c1-9(2)10-6-11(15-8-14-10)16(5)12(3,4)7-13/h6,8-9H,7,13H2,1-5H3. The van der Waals surface area contributed by atoms with Gasteiger partial charge in [0, 0.05) is 30.9 Å². The molecule has 0 fully saturated rings. The SMILES string of the molecule is CC(C)c1cc(N(C)C(C)(C)CN)ncn1. The van der Waals surface area contributed by atoms with E-state index in [9.17, 15) is 0 Å². The summed E-state index contributed by atoms with van der Waals surface area (Å²) in [5.41, 5.74) is 6.72. The molecule has 0 saturated heterocycles. The van der Waals surface area contributed by atoms with Gasteiger partial charge in [-0.1, -0.05) is 13.8 Å². The first kappa shape index (κ1) is 12.9. The van der Waals surface area contributed by atoms with E-state index in [2.05, 4.69) is 42.6 Å². The van der Waals surface area contributed by atoms with Crippen molar-refractivity contribution in [2.75, 3.05) is 18.5 Å². The first-order valence-electron chi connectivity index (χ1n) is 5.64. The van der Waals surface area contributed by atoms with Gasteiger partial charge in [0.05, 0.1) is 0 Å². The molecule has 1 aromatic rings. The number of rotatable bonds is 4. The zero-order chi connectivity index (χ0) is 12.3. The molecule has 0 saturated carbocycles. The summed E-state index contributed by atoms with van der Waals surface area (Å²) in [7, 11) is 2.01. The number of anilines is 1. The molecule has 0 unspecified atom stereocenters. The van der Waals surface area contributed by atoms with Crippen molar-refractivity contribution in [3.63, 3.8) is 0 Å². The molecule has 4 heteroatoms. The van der Waals surface area contributed by atoms with Crippen molar-refractivity contribution in [1.82, 2.24) is 9.97 Å². The second kappa shape index (κ2) is 4.78. The second-order valence-electron chi connectivity index (χ2n) is 5.03. The van der Waals surface area contributed by atoms with Crippen molar-refractivity contribution >= 4 is 5.82 Å². The number of aromatic nitrogens is 2. The Morgan fingerprint density at radius 1 is 1.38 bits per heavy atom. The van der Waals surface area contributed by atoms with E-state index in [0.29, 0.717) is 12.5 Å². The zero-order valence-electron chi connectivity index (χ0n) is 10.9. The van der Waals surface area contributed by atoms with E-state index in [1.165, 1.54) is 0 Å². The summed E-state index contributed by atoms with van der Waals surface area (Å²) in [6, 6.07) is 2.03. The fourth-order valence-corrected chi connectivity index (χ4v) is 1.31.